The summed E-state index contributed by atoms with van der Waals surface area (Å²) in [5.74, 6) is 1.22. The minimum Gasteiger partial charge on any atom is -0.496 e. The van der Waals surface area contributed by atoms with Crippen LogP contribution in [0.2, 0.25) is 5.02 Å². The van der Waals surface area contributed by atoms with E-state index in [0.717, 1.165) is 24.2 Å². The van der Waals surface area contributed by atoms with Gasteiger partial charge in [-0.3, -0.25) is 0 Å². The van der Waals surface area contributed by atoms with Crippen LogP contribution in [0.1, 0.15) is 22.7 Å². The van der Waals surface area contributed by atoms with Crippen LogP contribution < -0.4 is 10.5 Å². The molecule has 0 amide bonds. The van der Waals surface area contributed by atoms with Crippen molar-refractivity contribution in [3.05, 3.63) is 64.2 Å². The Morgan fingerprint density at radius 2 is 1.80 bits per heavy atom. The zero-order valence-electron chi connectivity index (χ0n) is 11.5. The monoisotopic (exact) mass is 287 g/mol. The first-order chi connectivity index (χ1) is 9.69. The molecule has 1 aliphatic carbocycles. The van der Waals surface area contributed by atoms with Crippen molar-refractivity contribution >= 4 is 11.6 Å². The van der Waals surface area contributed by atoms with Crippen molar-refractivity contribution < 1.29 is 4.74 Å². The Bertz CT molecular complexity index is 601. The lowest BCUT2D eigenvalue weighted by atomic mass is 9.91. The van der Waals surface area contributed by atoms with Crippen molar-refractivity contribution in [3.8, 4) is 5.75 Å². The van der Waals surface area contributed by atoms with Crippen LogP contribution in [0.4, 0.5) is 0 Å². The normalized spacial score (nSPS) is 15.9. The fourth-order valence-corrected chi connectivity index (χ4v) is 3.25. The van der Waals surface area contributed by atoms with Crippen molar-refractivity contribution in [1.29, 1.82) is 0 Å². The van der Waals surface area contributed by atoms with Gasteiger partial charge >= 0.3 is 0 Å². The van der Waals surface area contributed by atoms with Crippen molar-refractivity contribution in [2.75, 3.05) is 7.11 Å². The number of benzene rings is 2. The number of rotatable bonds is 3. The Kier molecular flexibility index (Phi) is 3.68. The molecule has 0 aliphatic heterocycles. The summed E-state index contributed by atoms with van der Waals surface area (Å²) in [6, 6.07) is 14.2. The average molecular weight is 288 g/mol. The van der Waals surface area contributed by atoms with Gasteiger partial charge in [0.25, 0.3) is 0 Å². The number of fused-ring (bicyclic) bond motifs is 1. The highest BCUT2D eigenvalue weighted by molar-refractivity contribution is 6.30. The van der Waals surface area contributed by atoms with Gasteiger partial charge in [-0.15, -0.1) is 0 Å². The number of halogens is 1. The Balaban J connectivity index is 1.88. The highest BCUT2D eigenvalue weighted by Gasteiger charge is 2.28. The third kappa shape index (κ3) is 2.41. The molecule has 20 heavy (non-hydrogen) atoms. The van der Waals surface area contributed by atoms with E-state index in [1.165, 1.54) is 11.1 Å². The number of hydrogen-bond acceptors (Lipinski definition) is 2. The van der Waals surface area contributed by atoms with Gasteiger partial charge in [0, 0.05) is 16.6 Å². The molecule has 2 aromatic carbocycles. The van der Waals surface area contributed by atoms with E-state index in [4.69, 9.17) is 22.1 Å². The van der Waals surface area contributed by atoms with E-state index in [9.17, 15) is 0 Å². The summed E-state index contributed by atoms with van der Waals surface area (Å²) in [4.78, 5) is 0. The first-order valence-corrected chi connectivity index (χ1v) is 7.22. The zero-order valence-corrected chi connectivity index (χ0v) is 12.2. The van der Waals surface area contributed by atoms with Crippen molar-refractivity contribution in [1.82, 2.24) is 0 Å². The van der Waals surface area contributed by atoms with Gasteiger partial charge in [0.1, 0.15) is 5.75 Å². The van der Waals surface area contributed by atoms with Gasteiger partial charge in [-0.1, -0.05) is 35.9 Å². The maximum Gasteiger partial charge on any atom is 0.123 e. The lowest BCUT2D eigenvalue weighted by Crippen LogP contribution is -2.22. The molecular weight excluding hydrogens is 270 g/mol. The van der Waals surface area contributed by atoms with Crippen LogP contribution in [0.3, 0.4) is 0 Å². The third-order valence-electron chi connectivity index (χ3n) is 4.14. The third-order valence-corrected chi connectivity index (χ3v) is 4.38. The van der Waals surface area contributed by atoms with Crippen LogP contribution in [-0.4, -0.2) is 7.11 Å². The summed E-state index contributed by atoms with van der Waals surface area (Å²) >= 11 is 6.10. The summed E-state index contributed by atoms with van der Waals surface area (Å²) in [5.41, 5.74) is 10.3. The highest BCUT2D eigenvalue weighted by Crippen LogP contribution is 2.37. The molecular formula is C17H18ClNO. The number of methoxy groups -OCH3 is 1. The van der Waals surface area contributed by atoms with Gasteiger partial charge in [-0.2, -0.15) is 0 Å². The molecule has 0 radical (unpaired) electrons. The topological polar surface area (TPSA) is 35.2 Å². The SMILES string of the molecule is COc1ccc(Cl)cc1C(N)C1Cc2ccccc2C1. The van der Waals surface area contributed by atoms with Crippen LogP contribution in [0, 0.1) is 5.92 Å². The second-order valence-electron chi connectivity index (χ2n) is 5.35. The Labute approximate surface area is 124 Å². The quantitative estimate of drug-likeness (QED) is 0.933. The fourth-order valence-electron chi connectivity index (χ4n) is 3.07. The molecule has 2 nitrogen and oxygen atoms in total. The van der Waals surface area contributed by atoms with Crippen LogP contribution in [0.25, 0.3) is 0 Å². The molecule has 1 aliphatic rings. The van der Waals surface area contributed by atoms with Crippen molar-refractivity contribution in [3.63, 3.8) is 0 Å². The molecule has 0 fully saturated rings. The Morgan fingerprint density at radius 1 is 1.15 bits per heavy atom. The summed E-state index contributed by atoms with van der Waals surface area (Å²) < 4.78 is 5.42. The van der Waals surface area contributed by atoms with Crippen LogP contribution in [0.5, 0.6) is 5.75 Å². The van der Waals surface area contributed by atoms with Crippen molar-refractivity contribution in [2.45, 2.75) is 18.9 Å². The van der Waals surface area contributed by atoms with Crippen LogP contribution in [-0.2, 0) is 12.8 Å². The van der Waals surface area contributed by atoms with Crippen LogP contribution >= 0.6 is 11.6 Å². The first-order valence-electron chi connectivity index (χ1n) is 6.85. The Hall–Kier alpha value is -1.51. The molecule has 0 saturated carbocycles. The van der Waals surface area contributed by atoms with E-state index in [-0.39, 0.29) is 6.04 Å². The second kappa shape index (κ2) is 5.47. The van der Waals surface area contributed by atoms with E-state index in [0.29, 0.717) is 10.9 Å². The minimum atomic E-state index is -0.0592. The molecule has 0 saturated heterocycles. The summed E-state index contributed by atoms with van der Waals surface area (Å²) in [5, 5.41) is 0.701. The molecule has 0 aromatic heterocycles. The van der Waals surface area contributed by atoms with Gasteiger partial charge in [-0.05, 0) is 48.1 Å². The molecule has 2 N–H and O–H groups in total. The predicted molar refractivity (Wildman–Crippen MR) is 82.3 cm³/mol. The molecule has 3 heteroatoms. The molecule has 2 aromatic rings. The Morgan fingerprint density at radius 3 is 2.40 bits per heavy atom. The minimum absolute atomic E-state index is 0.0592. The zero-order chi connectivity index (χ0) is 14.1. The lowest BCUT2D eigenvalue weighted by Gasteiger charge is -2.21. The molecule has 1 unspecified atom stereocenters. The van der Waals surface area contributed by atoms with Crippen molar-refractivity contribution in [2.24, 2.45) is 11.7 Å². The molecule has 3 rings (SSSR count). The van der Waals surface area contributed by atoms with E-state index in [1.54, 1.807) is 7.11 Å². The van der Waals surface area contributed by atoms with E-state index < -0.39 is 0 Å². The van der Waals surface area contributed by atoms with Crippen LogP contribution in [0.15, 0.2) is 42.5 Å². The van der Waals surface area contributed by atoms with Gasteiger partial charge in [0.05, 0.1) is 7.11 Å². The summed E-state index contributed by atoms with van der Waals surface area (Å²) in [6.07, 6.45) is 2.04. The molecule has 0 spiro atoms. The highest BCUT2D eigenvalue weighted by atomic mass is 35.5. The number of ether oxygens (including phenoxy) is 1. The number of hydrogen-bond donors (Lipinski definition) is 1. The smallest absolute Gasteiger partial charge is 0.123 e. The molecule has 0 heterocycles. The lowest BCUT2D eigenvalue weighted by molar-refractivity contribution is 0.387. The first kappa shape index (κ1) is 13.5. The van der Waals surface area contributed by atoms with Gasteiger partial charge in [0.2, 0.25) is 0 Å². The van der Waals surface area contributed by atoms with Gasteiger partial charge in [0.15, 0.2) is 0 Å². The molecule has 0 bridgehead atoms. The maximum atomic E-state index is 6.49. The standard InChI is InChI=1S/C17H18ClNO/c1-20-16-7-6-14(18)10-15(16)17(19)13-8-11-4-2-3-5-12(11)9-13/h2-7,10,13,17H,8-9,19H2,1H3. The summed E-state index contributed by atoms with van der Waals surface area (Å²) in [7, 11) is 1.67. The van der Waals surface area contributed by atoms with E-state index in [2.05, 4.69) is 24.3 Å². The summed E-state index contributed by atoms with van der Waals surface area (Å²) in [6.45, 7) is 0. The predicted octanol–water partition coefficient (Wildman–Crippen LogP) is 3.76. The largest absolute Gasteiger partial charge is 0.496 e. The van der Waals surface area contributed by atoms with Gasteiger partial charge < -0.3 is 10.5 Å². The number of nitrogens with two attached hydrogens (primary N) is 1. The fraction of sp³-hybridized carbons (Fsp3) is 0.294. The van der Waals surface area contributed by atoms with Gasteiger partial charge in [-0.25, -0.2) is 0 Å². The van der Waals surface area contributed by atoms with E-state index >= 15 is 0 Å². The average Bonchev–Trinajstić information content (AvgIpc) is 2.90. The van der Waals surface area contributed by atoms with E-state index in [1.807, 2.05) is 18.2 Å². The second-order valence-corrected chi connectivity index (χ2v) is 5.79. The molecule has 104 valence electrons. The maximum absolute atomic E-state index is 6.49. The molecule has 1 atom stereocenters.